The van der Waals surface area contributed by atoms with Gasteiger partial charge in [0.2, 0.25) is 0 Å². The number of aliphatic hydroxyl groups is 1. The van der Waals surface area contributed by atoms with Gasteiger partial charge in [-0.05, 0) is 12.5 Å². The molecule has 0 bridgehead atoms. The first kappa shape index (κ1) is 20.1. The van der Waals surface area contributed by atoms with E-state index in [2.05, 4.69) is 19.1 Å². The Morgan fingerprint density at radius 3 is 1.90 bits per heavy atom. The minimum atomic E-state index is -0.568. The van der Waals surface area contributed by atoms with Gasteiger partial charge in [0.25, 0.3) is 0 Å². The molecule has 2 unspecified atom stereocenters. The van der Waals surface area contributed by atoms with E-state index in [-0.39, 0.29) is 42.5 Å². The van der Waals surface area contributed by atoms with Crippen LogP contribution in [-0.2, 0) is 0 Å². The molecule has 2 radical (unpaired) electrons. The van der Waals surface area contributed by atoms with Crippen molar-refractivity contribution in [3.63, 3.8) is 0 Å². The van der Waals surface area contributed by atoms with Crippen LogP contribution in [0.3, 0.4) is 0 Å². The fourth-order valence-corrected chi connectivity index (χ4v) is 4.45. The third kappa shape index (κ3) is 5.88. The Balaban J connectivity index is 0.00000220. The maximum absolute atomic E-state index is 10.3. The molecule has 116 valence electrons. The first-order valence-electron chi connectivity index (χ1n) is 8.52. The van der Waals surface area contributed by atoms with Gasteiger partial charge in [0.15, 0.2) is 0 Å². The fraction of sp³-hybridized carbons (Fsp3) is 0.778. The molecule has 0 aromatic heterocycles. The van der Waals surface area contributed by atoms with Gasteiger partial charge in [-0.15, -0.1) is 11.8 Å². The SMILES string of the molecule is CCCCCCCCCCCCC12C=CC=CC1(O)S2.[Ca]. The minimum Gasteiger partial charge on any atom is -0.374 e. The molecule has 21 heavy (non-hydrogen) atoms. The number of unbranched alkanes of at least 4 members (excludes halogenated alkanes) is 9. The monoisotopic (exact) mass is 334 g/mol. The number of hydrogen-bond donors (Lipinski definition) is 1. The summed E-state index contributed by atoms with van der Waals surface area (Å²) in [5.41, 5.74) is 0. The molecule has 1 saturated heterocycles. The van der Waals surface area contributed by atoms with Gasteiger partial charge >= 0.3 is 0 Å². The summed E-state index contributed by atoms with van der Waals surface area (Å²) in [6.45, 7) is 2.27. The zero-order valence-corrected chi connectivity index (χ0v) is 16.7. The van der Waals surface area contributed by atoms with Crippen molar-refractivity contribution < 1.29 is 5.11 Å². The summed E-state index contributed by atoms with van der Waals surface area (Å²) in [6.07, 6.45) is 23.1. The largest absolute Gasteiger partial charge is 0.374 e. The van der Waals surface area contributed by atoms with Crippen molar-refractivity contribution in [3.05, 3.63) is 24.3 Å². The standard InChI is InChI=1S/C18H30OS.Ca/c1-2-3-4-5-6-7-8-9-10-11-14-17-15-12-13-16-18(17,19)20-17;/h12-13,15-16,19H,2-11,14H2,1H3;. The van der Waals surface area contributed by atoms with Crippen LogP contribution < -0.4 is 0 Å². The molecule has 0 spiro atoms. The molecule has 1 fully saturated rings. The van der Waals surface area contributed by atoms with E-state index in [0.29, 0.717) is 0 Å². The van der Waals surface area contributed by atoms with Crippen LogP contribution in [0.15, 0.2) is 24.3 Å². The van der Waals surface area contributed by atoms with Gasteiger partial charge in [-0.3, -0.25) is 0 Å². The van der Waals surface area contributed by atoms with E-state index < -0.39 is 4.93 Å². The van der Waals surface area contributed by atoms with Gasteiger partial charge in [0.05, 0.1) is 4.75 Å². The van der Waals surface area contributed by atoms with Gasteiger partial charge in [-0.2, -0.15) is 0 Å². The zero-order valence-electron chi connectivity index (χ0n) is 13.7. The van der Waals surface area contributed by atoms with Crippen LogP contribution in [0.4, 0.5) is 0 Å². The molecule has 2 rings (SSSR count). The van der Waals surface area contributed by atoms with E-state index in [9.17, 15) is 5.11 Å². The molecule has 0 amide bonds. The van der Waals surface area contributed by atoms with Crippen LogP contribution >= 0.6 is 11.8 Å². The Labute approximate surface area is 165 Å². The number of thioether (sulfide) groups is 1. The van der Waals surface area contributed by atoms with Crippen LogP contribution in [-0.4, -0.2) is 52.5 Å². The Bertz CT molecular complexity index is 355. The summed E-state index contributed by atoms with van der Waals surface area (Å²) in [5.74, 6) is 0. The number of fused-ring (bicyclic) bond motifs is 1. The third-order valence-electron chi connectivity index (χ3n) is 4.60. The van der Waals surface area contributed by atoms with Gasteiger partial charge in [0.1, 0.15) is 4.93 Å². The molecule has 0 aromatic rings. The average Bonchev–Trinajstić information content (AvgIpc) is 3.07. The van der Waals surface area contributed by atoms with E-state index in [1.54, 1.807) is 11.8 Å². The van der Waals surface area contributed by atoms with E-state index in [1.165, 1.54) is 64.2 Å². The Morgan fingerprint density at radius 2 is 1.33 bits per heavy atom. The topological polar surface area (TPSA) is 20.2 Å². The first-order valence-corrected chi connectivity index (χ1v) is 9.34. The van der Waals surface area contributed by atoms with E-state index in [0.717, 1.165) is 6.42 Å². The van der Waals surface area contributed by atoms with Crippen LogP contribution in [0.1, 0.15) is 77.6 Å². The summed E-state index contributed by atoms with van der Waals surface area (Å²) >= 11 is 1.71. The summed E-state index contributed by atoms with van der Waals surface area (Å²) in [4.78, 5) is -0.568. The predicted molar refractivity (Wildman–Crippen MR) is 95.8 cm³/mol. The fourth-order valence-electron chi connectivity index (χ4n) is 3.17. The number of hydrogen-bond acceptors (Lipinski definition) is 2. The molecular formula is C18H30CaOS. The van der Waals surface area contributed by atoms with Crippen molar-refractivity contribution in [3.8, 4) is 0 Å². The van der Waals surface area contributed by atoms with E-state index in [4.69, 9.17) is 0 Å². The molecule has 2 atom stereocenters. The number of allylic oxidation sites excluding steroid dienone is 2. The first-order chi connectivity index (χ1) is 9.72. The van der Waals surface area contributed by atoms with Crippen LogP contribution in [0.5, 0.6) is 0 Å². The molecule has 1 heterocycles. The summed E-state index contributed by atoms with van der Waals surface area (Å²) in [6, 6.07) is 0. The quantitative estimate of drug-likeness (QED) is 0.318. The molecule has 1 aliphatic carbocycles. The van der Waals surface area contributed by atoms with Crippen molar-refractivity contribution in [2.45, 2.75) is 87.2 Å². The second kappa shape index (κ2) is 10.0. The predicted octanol–water partition coefficient (Wildman–Crippen LogP) is 5.22. The van der Waals surface area contributed by atoms with Gasteiger partial charge < -0.3 is 5.11 Å². The molecule has 0 aromatic carbocycles. The molecule has 1 N–H and O–H groups in total. The maximum Gasteiger partial charge on any atom is 0.148 e. The molecule has 1 aliphatic heterocycles. The maximum atomic E-state index is 10.3. The second-order valence-electron chi connectivity index (χ2n) is 6.34. The average molecular weight is 335 g/mol. The summed E-state index contributed by atoms with van der Waals surface area (Å²) in [7, 11) is 0. The smallest absolute Gasteiger partial charge is 0.148 e. The van der Waals surface area contributed by atoms with E-state index in [1.807, 2.05) is 12.2 Å². The number of rotatable bonds is 11. The van der Waals surface area contributed by atoms with Crippen LogP contribution in [0.2, 0.25) is 0 Å². The summed E-state index contributed by atoms with van der Waals surface area (Å²) < 4.78 is 0.0297. The molecular weight excluding hydrogens is 304 g/mol. The summed E-state index contributed by atoms with van der Waals surface area (Å²) in [5, 5.41) is 10.3. The third-order valence-corrected chi connectivity index (χ3v) is 6.23. The Morgan fingerprint density at radius 1 is 0.810 bits per heavy atom. The van der Waals surface area contributed by atoms with Gasteiger partial charge in [0, 0.05) is 37.7 Å². The van der Waals surface area contributed by atoms with Gasteiger partial charge in [-0.25, -0.2) is 0 Å². The van der Waals surface area contributed by atoms with Crippen molar-refractivity contribution >= 4 is 49.5 Å². The Kier molecular flexibility index (Phi) is 9.60. The van der Waals surface area contributed by atoms with Crippen molar-refractivity contribution in [2.24, 2.45) is 0 Å². The van der Waals surface area contributed by atoms with Crippen molar-refractivity contribution in [1.82, 2.24) is 0 Å². The normalized spacial score (nSPS) is 29.0. The van der Waals surface area contributed by atoms with Crippen molar-refractivity contribution in [1.29, 1.82) is 0 Å². The molecule has 0 saturated carbocycles. The second-order valence-corrected chi connectivity index (χ2v) is 7.89. The molecule has 3 heteroatoms. The zero-order chi connectivity index (χ0) is 14.3. The van der Waals surface area contributed by atoms with E-state index >= 15 is 0 Å². The molecule has 1 nitrogen and oxygen atoms in total. The Hall–Kier alpha value is 1.05. The van der Waals surface area contributed by atoms with Crippen molar-refractivity contribution in [2.75, 3.05) is 0 Å². The van der Waals surface area contributed by atoms with Gasteiger partial charge in [-0.1, -0.05) is 89.4 Å². The van der Waals surface area contributed by atoms with Crippen LogP contribution in [0.25, 0.3) is 0 Å². The van der Waals surface area contributed by atoms with Crippen LogP contribution in [0, 0.1) is 0 Å². The minimum absolute atomic E-state index is 0. The molecule has 2 aliphatic rings.